The number of rotatable bonds is 8. The summed E-state index contributed by atoms with van der Waals surface area (Å²) >= 11 is 0. The van der Waals surface area contributed by atoms with Gasteiger partial charge in [-0.1, -0.05) is 0 Å². The number of imidazole rings is 1. The van der Waals surface area contributed by atoms with E-state index in [0.29, 0.717) is 52.9 Å². The van der Waals surface area contributed by atoms with E-state index in [1.54, 1.807) is 62.9 Å². The molecule has 4 aromatic rings. The minimum Gasteiger partial charge on any atom is -0.493 e. The SMILES string of the molecule is COc1cc(-n2cnc(Nc3cc(C(=O)N4CCC[C@H]4C(N)=O)cc4ccoc34)c2)cc(OC)c1OC. The van der Waals surface area contributed by atoms with E-state index in [0.717, 1.165) is 17.5 Å². The van der Waals surface area contributed by atoms with Crippen LogP contribution in [0.3, 0.4) is 0 Å². The Morgan fingerprint density at radius 1 is 1.11 bits per heavy atom. The number of carbonyl (C=O) groups excluding carboxylic acids is 2. The average molecular weight is 506 g/mol. The number of nitrogens with zero attached hydrogens (tertiary/aromatic N) is 3. The molecule has 3 heterocycles. The van der Waals surface area contributed by atoms with Gasteiger partial charge in [-0.05, 0) is 31.0 Å². The van der Waals surface area contributed by atoms with Crippen molar-refractivity contribution in [3.05, 3.63) is 54.7 Å². The van der Waals surface area contributed by atoms with Crippen molar-refractivity contribution >= 4 is 34.3 Å². The molecule has 1 aliphatic rings. The number of fused-ring (bicyclic) bond motifs is 1. The van der Waals surface area contributed by atoms with Gasteiger partial charge in [0.2, 0.25) is 11.7 Å². The molecule has 192 valence electrons. The van der Waals surface area contributed by atoms with E-state index in [9.17, 15) is 9.59 Å². The Balaban J connectivity index is 1.46. The molecule has 0 aliphatic carbocycles. The first kappa shape index (κ1) is 24.0. The summed E-state index contributed by atoms with van der Waals surface area (Å²) in [5.74, 6) is 1.29. The molecule has 2 amide bonds. The fourth-order valence-corrected chi connectivity index (χ4v) is 4.65. The molecule has 0 saturated carbocycles. The molecule has 37 heavy (non-hydrogen) atoms. The number of hydrogen-bond acceptors (Lipinski definition) is 8. The summed E-state index contributed by atoms with van der Waals surface area (Å²) in [6.45, 7) is 0.484. The van der Waals surface area contributed by atoms with Gasteiger partial charge < -0.3 is 39.1 Å². The van der Waals surface area contributed by atoms with Crippen LogP contribution in [0.15, 0.2) is 53.5 Å². The second-order valence-electron chi connectivity index (χ2n) is 8.60. The fourth-order valence-electron chi connectivity index (χ4n) is 4.65. The van der Waals surface area contributed by atoms with Crippen molar-refractivity contribution in [3.63, 3.8) is 0 Å². The van der Waals surface area contributed by atoms with Gasteiger partial charge in [-0.15, -0.1) is 0 Å². The number of aromatic nitrogens is 2. The third kappa shape index (κ3) is 4.39. The van der Waals surface area contributed by atoms with Crippen molar-refractivity contribution in [2.45, 2.75) is 18.9 Å². The zero-order valence-electron chi connectivity index (χ0n) is 20.7. The van der Waals surface area contributed by atoms with E-state index in [-0.39, 0.29) is 5.91 Å². The van der Waals surface area contributed by atoms with Crippen LogP contribution in [0.5, 0.6) is 17.2 Å². The predicted octanol–water partition coefficient (Wildman–Crippen LogP) is 3.48. The lowest BCUT2D eigenvalue weighted by atomic mass is 10.1. The molecule has 11 nitrogen and oxygen atoms in total. The first-order valence-corrected chi connectivity index (χ1v) is 11.7. The van der Waals surface area contributed by atoms with E-state index in [1.807, 2.05) is 12.1 Å². The molecule has 3 N–H and O–H groups in total. The number of nitrogens with two attached hydrogens (primary N) is 1. The number of primary amides is 1. The number of furan rings is 1. The van der Waals surface area contributed by atoms with Gasteiger partial charge in [-0.2, -0.15) is 0 Å². The topological polar surface area (TPSA) is 134 Å². The highest BCUT2D eigenvalue weighted by atomic mass is 16.5. The van der Waals surface area contributed by atoms with Crippen molar-refractivity contribution in [1.29, 1.82) is 0 Å². The number of benzene rings is 2. The van der Waals surface area contributed by atoms with Crippen molar-refractivity contribution in [3.8, 4) is 22.9 Å². The Kier molecular flexibility index (Phi) is 6.34. The molecular formula is C26H27N5O6. The van der Waals surface area contributed by atoms with Crippen LogP contribution in [0.2, 0.25) is 0 Å². The van der Waals surface area contributed by atoms with Gasteiger partial charge in [0.1, 0.15) is 18.2 Å². The molecule has 1 aliphatic heterocycles. The maximum atomic E-state index is 13.3. The number of anilines is 2. The highest BCUT2D eigenvalue weighted by Crippen LogP contribution is 2.39. The van der Waals surface area contributed by atoms with Crippen molar-refractivity contribution in [2.75, 3.05) is 33.2 Å². The third-order valence-corrected chi connectivity index (χ3v) is 6.43. The zero-order chi connectivity index (χ0) is 26.1. The number of likely N-dealkylation sites (tertiary alicyclic amines) is 1. The Morgan fingerprint density at radius 2 is 1.86 bits per heavy atom. The monoisotopic (exact) mass is 505 g/mol. The normalized spacial score (nSPS) is 15.1. The molecule has 1 fully saturated rings. The number of carbonyl (C=O) groups is 2. The largest absolute Gasteiger partial charge is 0.493 e. The number of nitrogens with one attached hydrogen (secondary N) is 1. The second-order valence-corrected chi connectivity index (χ2v) is 8.60. The number of hydrogen-bond donors (Lipinski definition) is 2. The van der Waals surface area contributed by atoms with Crippen molar-refractivity contribution in [2.24, 2.45) is 5.73 Å². The van der Waals surface area contributed by atoms with Gasteiger partial charge in [-0.3, -0.25) is 9.59 Å². The Morgan fingerprint density at radius 3 is 2.54 bits per heavy atom. The lowest BCUT2D eigenvalue weighted by Gasteiger charge is -2.22. The molecular weight excluding hydrogens is 478 g/mol. The zero-order valence-corrected chi connectivity index (χ0v) is 20.7. The van der Waals surface area contributed by atoms with Crippen LogP contribution in [-0.4, -0.2) is 60.2 Å². The van der Waals surface area contributed by atoms with Gasteiger partial charge in [0.25, 0.3) is 5.91 Å². The first-order valence-electron chi connectivity index (χ1n) is 11.7. The van der Waals surface area contributed by atoms with E-state index in [1.165, 1.54) is 4.90 Å². The quantitative estimate of drug-likeness (QED) is 0.372. The first-order chi connectivity index (χ1) is 17.9. The summed E-state index contributed by atoms with van der Waals surface area (Å²) in [6, 6.07) is 8.24. The van der Waals surface area contributed by atoms with E-state index >= 15 is 0 Å². The van der Waals surface area contributed by atoms with E-state index < -0.39 is 11.9 Å². The van der Waals surface area contributed by atoms with Crippen LogP contribution in [-0.2, 0) is 4.79 Å². The minimum absolute atomic E-state index is 0.254. The fraction of sp³-hybridized carbons (Fsp3) is 0.269. The minimum atomic E-state index is -0.599. The second kappa shape index (κ2) is 9.76. The Bertz CT molecular complexity index is 1450. The summed E-state index contributed by atoms with van der Waals surface area (Å²) in [5.41, 5.74) is 7.83. The van der Waals surface area contributed by atoms with Crippen LogP contribution in [0, 0.1) is 0 Å². The summed E-state index contributed by atoms with van der Waals surface area (Å²) < 4.78 is 23.8. The Labute approximate surface area is 212 Å². The van der Waals surface area contributed by atoms with Crippen molar-refractivity contribution in [1.82, 2.24) is 14.5 Å². The molecule has 0 unspecified atom stereocenters. The molecule has 1 atom stereocenters. The van der Waals surface area contributed by atoms with Gasteiger partial charge in [0.05, 0.1) is 45.2 Å². The highest BCUT2D eigenvalue weighted by molar-refractivity contribution is 6.03. The van der Waals surface area contributed by atoms with E-state index in [4.69, 9.17) is 24.4 Å². The number of amides is 2. The van der Waals surface area contributed by atoms with Crippen LogP contribution < -0.4 is 25.3 Å². The Hall–Kier alpha value is -4.67. The molecule has 2 aromatic heterocycles. The lowest BCUT2D eigenvalue weighted by molar-refractivity contribution is -0.121. The summed E-state index contributed by atoms with van der Waals surface area (Å²) in [4.78, 5) is 31.1. The van der Waals surface area contributed by atoms with Crippen LogP contribution in [0.4, 0.5) is 11.5 Å². The summed E-state index contributed by atoms with van der Waals surface area (Å²) in [7, 11) is 4.66. The standard InChI is InChI=1S/C26H27N5O6/c1-34-20-11-17(12-21(35-2)24(20)36-3)30-13-22(28-14-30)29-18-10-16(9-15-6-8-37-23(15)18)26(33)31-7-4-5-19(31)25(27)32/h6,8-14,19,29H,4-5,7H2,1-3H3,(H2,27,32)/t19-/m0/s1. The van der Waals surface area contributed by atoms with Gasteiger partial charge >= 0.3 is 0 Å². The number of methoxy groups -OCH3 is 3. The lowest BCUT2D eigenvalue weighted by Crippen LogP contribution is -2.43. The summed E-state index contributed by atoms with van der Waals surface area (Å²) in [6.07, 6.45) is 6.28. The summed E-state index contributed by atoms with van der Waals surface area (Å²) in [5, 5.41) is 3.99. The van der Waals surface area contributed by atoms with Gasteiger partial charge in [0.15, 0.2) is 17.1 Å². The van der Waals surface area contributed by atoms with E-state index in [2.05, 4.69) is 10.3 Å². The third-order valence-electron chi connectivity index (χ3n) is 6.43. The molecule has 0 bridgehead atoms. The molecule has 0 spiro atoms. The average Bonchev–Trinajstić information content (AvgIpc) is 3.68. The number of ether oxygens (including phenoxy) is 3. The molecule has 1 saturated heterocycles. The molecule has 11 heteroatoms. The van der Waals surface area contributed by atoms with Gasteiger partial charge in [-0.25, -0.2) is 4.98 Å². The van der Waals surface area contributed by atoms with Crippen LogP contribution in [0.25, 0.3) is 16.7 Å². The molecule has 2 aromatic carbocycles. The van der Waals surface area contributed by atoms with Crippen LogP contribution in [0.1, 0.15) is 23.2 Å². The smallest absolute Gasteiger partial charge is 0.254 e. The predicted molar refractivity (Wildman–Crippen MR) is 136 cm³/mol. The highest BCUT2D eigenvalue weighted by Gasteiger charge is 2.33. The van der Waals surface area contributed by atoms with Crippen molar-refractivity contribution < 1.29 is 28.2 Å². The molecule has 0 radical (unpaired) electrons. The van der Waals surface area contributed by atoms with Gasteiger partial charge in [0, 0.05) is 29.6 Å². The maximum absolute atomic E-state index is 13.3. The maximum Gasteiger partial charge on any atom is 0.254 e. The molecule has 5 rings (SSSR count). The van der Waals surface area contributed by atoms with Crippen LogP contribution >= 0.6 is 0 Å².